The van der Waals surface area contributed by atoms with Gasteiger partial charge in [0.15, 0.2) is 0 Å². The zero-order chi connectivity index (χ0) is 19.3. The van der Waals surface area contributed by atoms with Gasteiger partial charge in [-0.15, -0.1) is 0 Å². The van der Waals surface area contributed by atoms with Crippen molar-refractivity contribution in [1.29, 1.82) is 0 Å². The van der Waals surface area contributed by atoms with Crippen LogP contribution in [0.5, 0.6) is 5.75 Å². The Morgan fingerprint density at radius 1 is 0.926 bits per heavy atom. The van der Waals surface area contributed by atoms with E-state index in [0.29, 0.717) is 11.4 Å². The molecular weight excluding hydrogens is 475 g/mol. The first-order chi connectivity index (χ1) is 13.0. The molecule has 0 aliphatic carbocycles. The first kappa shape index (κ1) is 19.4. The van der Waals surface area contributed by atoms with Gasteiger partial charge in [-0.2, -0.15) is 0 Å². The summed E-state index contributed by atoms with van der Waals surface area (Å²) < 4.78 is 33.7. The molecule has 0 radical (unpaired) electrons. The van der Waals surface area contributed by atoms with Crippen molar-refractivity contribution in [2.24, 2.45) is 4.99 Å². The van der Waals surface area contributed by atoms with Crippen LogP contribution in [0.4, 0.5) is 11.4 Å². The molecule has 0 atom stereocenters. The molecule has 3 aromatic carbocycles. The third kappa shape index (κ3) is 5.30. The lowest BCUT2D eigenvalue weighted by molar-refractivity contribution is 0.415. The molecule has 0 aliphatic heterocycles. The van der Waals surface area contributed by atoms with Crippen molar-refractivity contribution in [3.8, 4) is 5.75 Å². The van der Waals surface area contributed by atoms with Gasteiger partial charge < -0.3 is 4.74 Å². The lowest BCUT2D eigenvalue weighted by Crippen LogP contribution is -2.12. The average Bonchev–Trinajstić information content (AvgIpc) is 2.69. The minimum atomic E-state index is -3.64. The van der Waals surface area contributed by atoms with Crippen molar-refractivity contribution < 1.29 is 13.2 Å². The summed E-state index contributed by atoms with van der Waals surface area (Å²) in [6.07, 6.45) is 1.72. The number of halogens is 1. The minimum absolute atomic E-state index is 0.185. The lowest BCUT2D eigenvalue weighted by Gasteiger charge is -2.08. The van der Waals surface area contributed by atoms with E-state index in [4.69, 9.17) is 4.74 Å². The molecule has 0 aliphatic rings. The Labute approximate surface area is 172 Å². The normalized spacial score (nSPS) is 11.5. The third-order valence-corrected chi connectivity index (χ3v) is 5.84. The summed E-state index contributed by atoms with van der Waals surface area (Å²) in [7, 11) is -2.02. The Morgan fingerprint density at radius 3 is 2.15 bits per heavy atom. The molecule has 1 N–H and O–H groups in total. The van der Waals surface area contributed by atoms with Gasteiger partial charge in [-0.3, -0.25) is 9.71 Å². The molecule has 27 heavy (non-hydrogen) atoms. The number of nitrogens with one attached hydrogen (secondary N) is 1. The number of sulfonamides is 1. The maximum absolute atomic E-state index is 12.5. The molecule has 0 amide bonds. The van der Waals surface area contributed by atoms with Gasteiger partial charge in [-0.25, -0.2) is 8.42 Å². The van der Waals surface area contributed by atoms with Crippen molar-refractivity contribution in [1.82, 2.24) is 0 Å². The predicted molar refractivity (Wildman–Crippen MR) is 117 cm³/mol. The first-order valence-electron chi connectivity index (χ1n) is 8.03. The summed E-state index contributed by atoms with van der Waals surface area (Å²) in [4.78, 5) is 4.55. The number of rotatable bonds is 6. The second kappa shape index (κ2) is 8.53. The van der Waals surface area contributed by atoms with Crippen molar-refractivity contribution in [2.75, 3.05) is 11.8 Å². The van der Waals surface area contributed by atoms with Crippen LogP contribution in [0.2, 0.25) is 0 Å². The Bertz CT molecular complexity index is 1030. The molecule has 7 heteroatoms. The zero-order valence-electron chi connectivity index (χ0n) is 14.5. The van der Waals surface area contributed by atoms with Crippen molar-refractivity contribution >= 4 is 50.2 Å². The van der Waals surface area contributed by atoms with E-state index in [9.17, 15) is 8.42 Å². The molecule has 0 unspecified atom stereocenters. The van der Waals surface area contributed by atoms with Gasteiger partial charge in [0.1, 0.15) is 5.75 Å². The monoisotopic (exact) mass is 492 g/mol. The molecule has 0 spiro atoms. The molecule has 0 bridgehead atoms. The first-order valence-corrected chi connectivity index (χ1v) is 10.6. The minimum Gasteiger partial charge on any atom is -0.497 e. The zero-order valence-corrected chi connectivity index (χ0v) is 17.4. The highest BCUT2D eigenvalue weighted by Crippen LogP contribution is 2.20. The summed E-state index contributed by atoms with van der Waals surface area (Å²) in [5.74, 6) is 0.780. The topological polar surface area (TPSA) is 67.8 Å². The summed E-state index contributed by atoms with van der Waals surface area (Å²) in [5.41, 5.74) is 2.11. The Morgan fingerprint density at radius 2 is 1.56 bits per heavy atom. The molecule has 0 saturated carbocycles. The number of nitrogens with zero attached hydrogens (tertiary/aromatic N) is 1. The summed E-state index contributed by atoms with van der Waals surface area (Å²) in [6, 6.07) is 21.1. The predicted octanol–water partition coefficient (Wildman–Crippen LogP) is 4.85. The van der Waals surface area contributed by atoms with E-state index < -0.39 is 10.0 Å². The van der Waals surface area contributed by atoms with Crippen LogP contribution in [-0.2, 0) is 10.0 Å². The number of aliphatic imine (C=N–C) groups is 1. The largest absolute Gasteiger partial charge is 0.497 e. The van der Waals surface area contributed by atoms with Crippen LogP contribution in [-0.4, -0.2) is 21.7 Å². The smallest absolute Gasteiger partial charge is 0.261 e. The standard InChI is InChI=1S/C20H17IN2O3S/c1-26-19-10-2-15(3-11-19)14-22-17-8-12-20(13-9-17)27(24,25)23-18-6-4-16(21)5-7-18/h2-14,23H,1H3. The number of hydrogen-bond donors (Lipinski definition) is 1. The fourth-order valence-corrected chi connectivity index (χ4v) is 3.70. The second-order valence-electron chi connectivity index (χ2n) is 5.64. The van der Waals surface area contributed by atoms with E-state index in [2.05, 4.69) is 32.3 Å². The van der Waals surface area contributed by atoms with E-state index >= 15 is 0 Å². The van der Waals surface area contributed by atoms with E-state index in [1.807, 2.05) is 36.4 Å². The molecular formula is C20H17IN2O3S. The molecule has 3 aromatic rings. The van der Waals surface area contributed by atoms with Crippen LogP contribution in [0.1, 0.15) is 5.56 Å². The Balaban J connectivity index is 1.71. The number of methoxy groups -OCH3 is 1. The van der Waals surface area contributed by atoms with Gasteiger partial charge >= 0.3 is 0 Å². The molecule has 0 fully saturated rings. The average molecular weight is 492 g/mol. The number of anilines is 1. The lowest BCUT2D eigenvalue weighted by atomic mass is 10.2. The Hall–Kier alpha value is -2.39. The Kier molecular flexibility index (Phi) is 6.12. The maximum atomic E-state index is 12.5. The number of ether oxygens (including phenoxy) is 1. The second-order valence-corrected chi connectivity index (χ2v) is 8.57. The molecule has 138 valence electrons. The highest BCUT2D eigenvalue weighted by atomic mass is 127. The van der Waals surface area contributed by atoms with Gasteiger partial charge in [0.2, 0.25) is 0 Å². The van der Waals surface area contributed by atoms with Gasteiger partial charge in [-0.05, 0) is 101 Å². The molecule has 0 saturated heterocycles. The van der Waals surface area contributed by atoms with Gasteiger partial charge in [0, 0.05) is 15.5 Å². The van der Waals surface area contributed by atoms with Crippen LogP contribution in [0, 0.1) is 3.57 Å². The maximum Gasteiger partial charge on any atom is 0.261 e. The summed E-state index contributed by atoms with van der Waals surface area (Å²) in [5, 5.41) is 0. The van der Waals surface area contributed by atoms with Crippen molar-refractivity contribution in [3.63, 3.8) is 0 Å². The highest BCUT2D eigenvalue weighted by molar-refractivity contribution is 14.1. The van der Waals surface area contributed by atoms with Gasteiger partial charge in [0.25, 0.3) is 10.0 Å². The van der Waals surface area contributed by atoms with E-state index in [1.54, 1.807) is 37.6 Å². The van der Waals surface area contributed by atoms with Crippen LogP contribution in [0.3, 0.4) is 0 Å². The van der Waals surface area contributed by atoms with Crippen LogP contribution >= 0.6 is 22.6 Å². The molecule has 3 rings (SSSR count). The van der Waals surface area contributed by atoms with E-state index in [1.165, 1.54) is 12.1 Å². The van der Waals surface area contributed by atoms with E-state index in [0.717, 1.165) is 14.9 Å². The van der Waals surface area contributed by atoms with Crippen LogP contribution < -0.4 is 9.46 Å². The van der Waals surface area contributed by atoms with Crippen LogP contribution in [0.15, 0.2) is 82.7 Å². The number of hydrogen-bond acceptors (Lipinski definition) is 4. The quantitative estimate of drug-likeness (QED) is 0.395. The molecule has 0 heterocycles. The molecule has 0 aromatic heterocycles. The number of benzene rings is 3. The third-order valence-electron chi connectivity index (χ3n) is 3.72. The van der Waals surface area contributed by atoms with Crippen LogP contribution in [0.25, 0.3) is 0 Å². The molecule has 5 nitrogen and oxygen atoms in total. The SMILES string of the molecule is COc1ccc(C=Nc2ccc(S(=O)(=O)Nc3ccc(I)cc3)cc2)cc1. The summed E-state index contributed by atoms with van der Waals surface area (Å²) in [6.45, 7) is 0. The fraction of sp³-hybridized carbons (Fsp3) is 0.0500. The van der Waals surface area contributed by atoms with Gasteiger partial charge in [-0.1, -0.05) is 0 Å². The van der Waals surface area contributed by atoms with E-state index in [-0.39, 0.29) is 4.90 Å². The van der Waals surface area contributed by atoms with Gasteiger partial charge in [0.05, 0.1) is 17.7 Å². The highest BCUT2D eigenvalue weighted by Gasteiger charge is 2.13. The fourth-order valence-electron chi connectivity index (χ4n) is 2.28. The van der Waals surface area contributed by atoms with Crippen molar-refractivity contribution in [2.45, 2.75) is 4.90 Å². The van der Waals surface area contributed by atoms with Crippen molar-refractivity contribution in [3.05, 3.63) is 81.9 Å². The summed E-state index contributed by atoms with van der Waals surface area (Å²) >= 11 is 2.17.